The van der Waals surface area contributed by atoms with Crippen LogP contribution in [0.2, 0.25) is 0 Å². The monoisotopic (exact) mass is 251 g/mol. The highest BCUT2D eigenvalue weighted by atomic mass is 14.9. The topological polar surface area (TPSA) is 12.0 Å². The summed E-state index contributed by atoms with van der Waals surface area (Å²) in [4.78, 5) is 0. The Morgan fingerprint density at radius 3 is 2.22 bits per heavy atom. The molecule has 0 spiro atoms. The highest BCUT2D eigenvalue weighted by Crippen LogP contribution is 2.27. The van der Waals surface area contributed by atoms with E-state index < -0.39 is 0 Å². The number of rotatable bonds is 3. The fourth-order valence-electron chi connectivity index (χ4n) is 3.97. The molecule has 0 aromatic rings. The van der Waals surface area contributed by atoms with Gasteiger partial charge < -0.3 is 5.32 Å². The lowest BCUT2D eigenvalue weighted by atomic mass is 9.92. The Labute approximate surface area is 114 Å². The third-order valence-electron chi connectivity index (χ3n) is 5.36. The van der Waals surface area contributed by atoms with Crippen LogP contribution in [0.3, 0.4) is 0 Å². The number of nitrogens with one attached hydrogen (secondary N) is 1. The van der Waals surface area contributed by atoms with Crippen molar-refractivity contribution in [3.8, 4) is 0 Å². The molecule has 0 aliphatic heterocycles. The van der Waals surface area contributed by atoms with E-state index in [1.54, 1.807) is 0 Å². The lowest BCUT2D eigenvalue weighted by Gasteiger charge is -2.28. The van der Waals surface area contributed by atoms with Crippen molar-refractivity contribution in [2.45, 2.75) is 96.6 Å². The average molecular weight is 251 g/mol. The molecular weight excluding hydrogens is 218 g/mol. The van der Waals surface area contributed by atoms with Gasteiger partial charge >= 0.3 is 0 Å². The van der Waals surface area contributed by atoms with Crippen molar-refractivity contribution in [2.75, 3.05) is 0 Å². The molecule has 2 rings (SSSR count). The van der Waals surface area contributed by atoms with Crippen LogP contribution >= 0.6 is 0 Å². The predicted molar refractivity (Wildman–Crippen MR) is 79.8 cm³/mol. The fourth-order valence-corrected chi connectivity index (χ4v) is 3.97. The molecule has 0 saturated heterocycles. The zero-order valence-electron chi connectivity index (χ0n) is 12.6. The van der Waals surface area contributed by atoms with E-state index in [0.29, 0.717) is 0 Å². The molecule has 0 amide bonds. The predicted octanol–water partition coefficient (Wildman–Crippen LogP) is 4.90. The molecule has 106 valence electrons. The van der Waals surface area contributed by atoms with Crippen LogP contribution < -0.4 is 5.32 Å². The average Bonchev–Trinajstić information content (AvgIpc) is 2.72. The van der Waals surface area contributed by atoms with E-state index in [1.807, 2.05) is 0 Å². The Morgan fingerprint density at radius 1 is 0.778 bits per heavy atom. The zero-order chi connectivity index (χ0) is 12.8. The van der Waals surface area contributed by atoms with Crippen LogP contribution in [0.25, 0.3) is 0 Å². The minimum absolute atomic E-state index is 0.751. The van der Waals surface area contributed by atoms with Crippen molar-refractivity contribution in [3.05, 3.63) is 0 Å². The molecule has 0 heterocycles. The minimum atomic E-state index is 0.751. The molecule has 1 heteroatoms. The van der Waals surface area contributed by atoms with E-state index in [9.17, 15) is 0 Å². The highest BCUT2D eigenvalue weighted by molar-refractivity contribution is 4.81. The summed E-state index contributed by atoms with van der Waals surface area (Å²) < 4.78 is 0. The summed E-state index contributed by atoms with van der Waals surface area (Å²) in [6.07, 6.45) is 16.0. The summed E-state index contributed by atoms with van der Waals surface area (Å²) in [5.41, 5.74) is 0. The van der Waals surface area contributed by atoms with Gasteiger partial charge in [0.2, 0.25) is 0 Å². The van der Waals surface area contributed by atoms with Crippen LogP contribution in [-0.4, -0.2) is 12.1 Å². The lowest BCUT2D eigenvalue weighted by molar-refractivity contribution is 0.295. The first-order valence-corrected chi connectivity index (χ1v) is 8.51. The second kappa shape index (κ2) is 7.53. The van der Waals surface area contributed by atoms with Gasteiger partial charge in [-0.05, 0) is 50.9 Å². The molecule has 1 N–H and O–H groups in total. The maximum atomic E-state index is 3.98. The molecule has 2 aliphatic carbocycles. The maximum absolute atomic E-state index is 3.98. The second-order valence-electron chi connectivity index (χ2n) is 7.02. The molecule has 0 radical (unpaired) electrons. The van der Waals surface area contributed by atoms with Gasteiger partial charge in [-0.2, -0.15) is 0 Å². The molecule has 2 fully saturated rings. The largest absolute Gasteiger partial charge is 0.311 e. The summed E-state index contributed by atoms with van der Waals surface area (Å²) in [6.45, 7) is 4.88. The van der Waals surface area contributed by atoms with Crippen LogP contribution in [0.1, 0.15) is 84.5 Å². The molecular formula is C17H33N. The van der Waals surface area contributed by atoms with Crippen molar-refractivity contribution < 1.29 is 0 Å². The Bertz CT molecular complexity index is 218. The van der Waals surface area contributed by atoms with Gasteiger partial charge in [0.05, 0.1) is 0 Å². The van der Waals surface area contributed by atoms with Gasteiger partial charge in [0.1, 0.15) is 0 Å². The van der Waals surface area contributed by atoms with Gasteiger partial charge in [0, 0.05) is 12.1 Å². The molecule has 0 bridgehead atoms. The normalized spacial score (nSPS) is 33.7. The molecule has 2 saturated carbocycles. The Balaban J connectivity index is 1.76. The van der Waals surface area contributed by atoms with Gasteiger partial charge in [0.25, 0.3) is 0 Å². The smallest absolute Gasteiger partial charge is 0.00697 e. The third-order valence-corrected chi connectivity index (χ3v) is 5.36. The zero-order valence-corrected chi connectivity index (χ0v) is 12.6. The second-order valence-corrected chi connectivity index (χ2v) is 7.02. The first-order valence-electron chi connectivity index (χ1n) is 8.51. The molecule has 1 nitrogen and oxygen atoms in total. The van der Waals surface area contributed by atoms with Crippen LogP contribution in [0.5, 0.6) is 0 Å². The first-order chi connectivity index (χ1) is 8.75. The Kier molecular flexibility index (Phi) is 6.01. The minimum Gasteiger partial charge on any atom is -0.311 e. The first kappa shape index (κ1) is 14.4. The summed E-state index contributed by atoms with van der Waals surface area (Å²) in [5.74, 6) is 1.91. The van der Waals surface area contributed by atoms with Crippen molar-refractivity contribution in [3.63, 3.8) is 0 Å². The van der Waals surface area contributed by atoms with Crippen LogP contribution in [0.15, 0.2) is 0 Å². The quantitative estimate of drug-likeness (QED) is 0.703. The third kappa shape index (κ3) is 4.57. The Hall–Kier alpha value is -0.0400. The van der Waals surface area contributed by atoms with Crippen molar-refractivity contribution in [1.82, 2.24) is 5.32 Å². The van der Waals surface area contributed by atoms with E-state index in [1.165, 1.54) is 70.6 Å². The Morgan fingerprint density at radius 2 is 1.50 bits per heavy atom. The van der Waals surface area contributed by atoms with Crippen molar-refractivity contribution in [1.29, 1.82) is 0 Å². The van der Waals surface area contributed by atoms with E-state index in [0.717, 1.165) is 23.9 Å². The van der Waals surface area contributed by atoms with E-state index in [2.05, 4.69) is 19.2 Å². The standard InChI is InChI=1S/C17H33N/c1-14-8-7-11-17(13-12-14)18-15(2)16-9-5-3-4-6-10-16/h14-18H,3-13H2,1-2H3/t14?,15-,17?/m0/s1. The molecule has 0 aromatic carbocycles. The maximum Gasteiger partial charge on any atom is 0.00697 e. The number of hydrogen-bond donors (Lipinski definition) is 1. The molecule has 2 unspecified atom stereocenters. The SMILES string of the molecule is CC1CCCC(N[C@@H](C)C2CCCCCC2)CC1. The van der Waals surface area contributed by atoms with Gasteiger partial charge in [-0.15, -0.1) is 0 Å². The van der Waals surface area contributed by atoms with Gasteiger partial charge in [-0.3, -0.25) is 0 Å². The van der Waals surface area contributed by atoms with Gasteiger partial charge in [0.15, 0.2) is 0 Å². The van der Waals surface area contributed by atoms with Gasteiger partial charge in [-0.1, -0.05) is 45.4 Å². The van der Waals surface area contributed by atoms with Crippen LogP contribution in [0, 0.1) is 11.8 Å². The molecule has 0 aromatic heterocycles. The summed E-state index contributed by atoms with van der Waals surface area (Å²) in [6, 6.07) is 1.56. The van der Waals surface area contributed by atoms with Gasteiger partial charge in [-0.25, -0.2) is 0 Å². The van der Waals surface area contributed by atoms with Crippen LogP contribution in [-0.2, 0) is 0 Å². The summed E-state index contributed by atoms with van der Waals surface area (Å²) >= 11 is 0. The van der Waals surface area contributed by atoms with E-state index in [-0.39, 0.29) is 0 Å². The molecule has 3 atom stereocenters. The van der Waals surface area contributed by atoms with E-state index >= 15 is 0 Å². The van der Waals surface area contributed by atoms with E-state index in [4.69, 9.17) is 0 Å². The molecule has 2 aliphatic rings. The molecule has 18 heavy (non-hydrogen) atoms. The summed E-state index contributed by atoms with van der Waals surface area (Å²) in [7, 11) is 0. The fraction of sp³-hybridized carbons (Fsp3) is 1.00. The lowest BCUT2D eigenvalue weighted by Crippen LogP contribution is -2.40. The van der Waals surface area contributed by atoms with Crippen molar-refractivity contribution >= 4 is 0 Å². The number of hydrogen-bond acceptors (Lipinski definition) is 1. The highest BCUT2D eigenvalue weighted by Gasteiger charge is 2.23. The van der Waals surface area contributed by atoms with Crippen molar-refractivity contribution in [2.24, 2.45) is 11.8 Å². The van der Waals surface area contributed by atoms with Crippen LogP contribution in [0.4, 0.5) is 0 Å². The summed E-state index contributed by atoms with van der Waals surface area (Å²) in [5, 5.41) is 3.98.